The molecule has 1 heterocycles. The molecule has 5 heteroatoms. The zero-order valence-electron chi connectivity index (χ0n) is 11.6. The van der Waals surface area contributed by atoms with Gasteiger partial charge < -0.3 is 15.5 Å². The first-order valence-electron chi connectivity index (χ1n) is 6.21. The molecule has 1 aromatic heterocycles. The summed E-state index contributed by atoms with van der Waals surface area (Å²) in [5.41, 5.74) is 7.58. The molecule has 18 heavy (non-hydrogen) atoms. The summed E-state index contributed by atoms with van der Waals surface area (Å²) in [6.07, 6.45) is 1.71. The fourth-order valence-corrected chi connectivity index (χ4v) is 1.81. The maximum atomic E-state index is 12.0. The van der Waals surface area contributed by atoms with Gasteiger partial charge in [0, 0.05) is 26.3 Å². The normalized spacial score (nSPS) is 10.2. The summed E-state index contributed by atoms with van der Waals surface area (Å²) in [7, 11) is 1.83. The van der Waals surface area contributed by atoms with Gasteiger partial charge in [0.25, 0.3) is 0 Å². The third kappa shape index (κ3) is 3.12. The van der Waals surface area contributed by atoms with Gasteiger partial charge in [-0.05, 0) is 32.4 Å². The Morgan fingerprint density at radius 2 is 2.00 bits per heavy atom. The van der Waals surface area contributed by atoms with Gasteiger partial charge in [0.1, 0.15) is 0 Å². The Bertz CT molecular complexity index is 415. The standard InChI is InChI=1S/C13H22N4O/c1-5-17(6-2)11(18)9-16(4)13-12(14)10(3)7-8-15-13/h7-8H,5-6,9,14H2,1-4H3. The first kappa shape index (κ1) is 14.3. The summed E-state index contributed by atoms with van der Waals surface area (Å²) in [4.78, 5) is 19.8. The van der Waals surface area contributed by atoms with Crippen molar-refractivity contribution < 1.29 is 4.79 Å². The number of aryl methyl sites for hydroxylation is 1. The summed E-state index contributed by atoms with van der Waals surface area (Å²) in [6, 6.07) is 1.86. The number of nitrogens with two attached hydrogens (primary N) is 1. The molecule has 1 amide bonds. The molecule has 0 fully saturated rings. The molecule has 0 aromatic carbocycles. The second-order valence-electron chi connectivity index (χ2n) is 4.29. The van der Waals surface area contributed by atoms with Crippen LogP contribution in [0, 0.1) is 6.92 Å². The highest BCUT2D eigenvalue weighted by Gasteiger charge is 2.15. The van der Waals surface area contributed by atoms with Crippen LogP contribution in [0.2, 0.25) is 0 Å². The average molecular weight is 250 g/mol. The summed E-state index contributed by atoms with van der Waals surface area (Å²) in [5.74, 6) is 0.751. The fourth-order valence-electron chi connectivity index (χ4n) is 1.81. The number of aromatic nitrogens is 1. The van der Waals surface area contributed by atoms with Crippen molar-refractivity contribution in [3.05, 3.63) is 17.8 Å². The molecule has 1 aromatic rings. The second kappa shape index (κ2) is 6.23. The maximum absolute atomic E-state index is 12.0. The second-order valence-corrected chi connectivity index (χ2v) is 4.29. The first-order chi connectivity index (χ1) is 8.51. The molecule has 0 bridgehead atoms. The van der Waals surface area contributed by atoms with E-state index < -0.39 is 0 Å². The zero-order chi connectivity index (χ0) is 13.7. The molecular weight excluding hydrogens is 228 g/mol. The zero-order valence-corrected chi connectivity index (χ0v) is 11.6. The lowest BCUT2D eigenvalue weighted by Crippen LogP contribution is -2.39. The van der Waals surface area contributed by atoms with Gasteiger partial charge in [-0.2, -0.15) is 0 Å². The molecule has 0 saturated carbocycles. The summed E-state index contributed by atoms with van der Waals surface area (Å²) in [5, 5.41) is 0. The lowest BCUT2D eigenvalue weighted by Gasteiger charge is -2.24. The highest BCUT2D eigenvalue weighted by Crippen LogP contribution is 2.21. The van der Waals surface area contributed by atoms with E-state index in [0.29, 0.717) is 18.1 Å². The van der Waals surface area contributed by atoms with E-state index >= 15 is 0 Å². The third-order valence-corrected chi connectivity index (χ3v) is 3.04. The Balaban J connectivity index is 2.79. The smallest absolute Gasteiger partial charge is 0.242 e. The monoisotopic (exact) mass is 250 g/mol. The number of carbonyl (C=O) groups is 1. The molecular formula is C13H22N4O. The molecule has 0 atom stereocenters. The molecule has 0 saturated heterocycles. The van der Waals surface area contributed by atoms with E-state index in [9.17, 15) is 4.79 Å². The van der Waals surface area contributed by atoms with Crippen LogP contribution in [0.4, 0.5) is 11.5 Å². The maximum Gasteiger partial charge on any atom is 0.242 e. The van der Waals surface area contributed by atoms with Gasteiger partial charge in [0.2, 0.25) is 5.91 Å². The summed E-state index contributed by atoms with van der Waals surface area (Å²) >= 11 is 0. The van der Waals surface area contributed by atoms with Crippen LogP contribution >= 0.6 is 0 Å². The van der Waals surface area contributed by atoms with Crippen molar-refractivity contribution in [2.75, 3.05) is 37.3 Å². The topological polar surface area (TPSA) is 62.5 Å². The average Bonchev–Trinajstić information content (AvgIpc) is 2.34. The van der Waals surface area contributed by atoms with E-state index in [1.54, 1.807) is 16.0 Å². The highest BCUT2D eigenvalue weighted by molar-refractivity contribution is 5.82. The van der Waals surface area contributed by atoms with Gasteiger partial charge in [-0.1, -0.05) is 0 Å². The Morgan fingerprint density at radius 3 is 2.56 bits per heavy atom. The fraction of sp³-hybridized carbons (Fsp3) is 0.538. The van der Waals surface area contributed by atoms with Crippen molar-refractivity contribution in [2.24, 2.45) is 0 Å². The van der Waals surface area contributed by atoms with Crippen LogP contribution < -0.4 is 10.6 Å². The third-order valence-electron chi connectivity index (χ3n) is 3.04. The number of anilines is 2. The van der Waals surface area contributed by atoms with Crippen LogP contribution in [0.3, 0.4) is 0 Å². The Morgan fingerprint density at radius 1 is 1.39 bits per heavy atom. The largest absolute Gasteiger partial charge is 0.396 e. The van der Waals surface area contributed by atoms with Crippen molar-refractivity contribution in [2.45, 2.75) is 20.8 Å². The van der Waals surface area contributed by atoms with E-state index in [4.69, 9.17) is 5.73 Å². The van der Waals surface area contributed by atoms with Gasteiger partial charge in [0.05, 0.1) is 12.2 Å². The van der Waals surface area contributed by atoms with E-state index in [2.05, 4.69) is 4.98 Å². The lowest BCUT2D eigenvalue weighted by atomic mass is 10.2. The van der Waals surface area contributed by atoms with Gasteiger partial charge in [-0.25, -0.2) is 4.98 Å². The number of amides is 1. The molecule has 0 unspecified atom stereocenters. The Labute approximate surface area is 109 Å². The van der Waals surface area contributed by atoms with Crippen LogP contribution in [0.15, 0.2) is 12.3 Å². The van der Waals surface area contributed by atoms with Crippen molar-refractivity contribution in [1.29, 1.82) is 0 Å². The van der Waals surface area contributed by atoms with Gasteiger partial charge in [-0.3, -0.25) is 4.79 Å². The number of rotatable bonds is 5. The Hall–Kier alpha value is -1.78. The predicted molar refractivity (Wildman–Crippen MR) is 74.6 cm³/mol. The van der Waals surface area contributed by atoms with Crippen molar-refractivity contribution in [3.8, 4) is 0 Å². The number of carbonyl (C=O) groups excluding carboxylic acids is 1. The number of hydrogen-bond donors (Lipinski definition) is 1. The molecule has 0 radical (unpaired) electrons. The minimum Gasteiger partial charge on any atom is -0.396 e. The minimum atomic E-state index is 0.0882. The van der Waals surface area contributed by atoms with E-state index in [1.165, 1.54) is 0 Å². The number of nitrogen functional groups attached to an aromatic ring is 1. The van der Waals surface area contributed by atoms with E-state index in [-0.39, 0.29) is 5.91 Å². The number of likely N-dealkylation sites (N-methyl/N-ethyl adjacent to an activating group) is 2. The van der Waals surface area contributed by atoms with E-state index in [1.807, 2.05) is 33.9 Å². The number of hydrogen-bond acceptors (Lipinski definition) is 4. The number of pyridine rings is 1. The van der Waals surface area contributed by atoms with Gasteiger partial charge in [0.15, 0.2) is 5.82 Å². The van der Waals surface area contributed by atoms with Crippen LogP contribution in [0.25, 0.3) is 0 Å². The Kier molecular flexibility index (Phi) is 4.95. The molecule has 0 aliphatic rings. The quantitative estimate of drug-likeness (QED) is 0.855. The van der Waals surface area contributed by atoms with Crippen molar-refractivity contribution >= 4 is 17.4 Å². The SMILES string of the molecule is CCN(CC)C(=O)CN(C)c1nccc(C)c1N. The van der Waals surface area contributed by atoms with Crippen LogP contribution in [-0.2, 0) is 4.79 Å². The highest BCUT2D eigenvalue weighted by atomic mass is 16.2. The molecule has 100 valence electrons. The van der Waals surface area contributed by atoms with Crippen molar-refractivity contribution in [3.63, 3.8) is 0 Å². The predicted octanol–water partition coefficient (Wildman–Crippen LogP) is 1.28. The summed E-state index contributed by atoms with van der Waals surface area (Å²) in [6.45, 7) is 7.62. The first-order valence-corrected chi connectivity index (χ1v) is 6.21. The molecule has 0 spiro atoms. The van der Waals surface area contributed by atoms with Gasteiger partial charge >= 0.3 is 0 Å². The van der Waals surface area contributed by atoms with Crippen LogP contribution in [-0.4, -0.2) is 42.5 Å². The van der Waals surface area contributed by atoms with E-state index in [0.717, 1.165) is 18.7 Å². The molecule has 0 aliphatic carbocycles. The number of nitrogens with zero attached hydrogens (tertiary/aromatic N) is 3. The minimum absolute atomic E-state index is 0.0882. The molecule has 5 nitrogen and oxygen atoms in total. The lowest BCUT2D eigenvalue weighted by molar-refractivity contribution is -0.129. The summed E-state index contributed by atoms with van der Waals surface area (Å²) < 4.78 is 0. The van der Waals surface area contributed by atoms with Gasteiger partial charge in [-0.15, -0.1) is 0 Å². The molecule has 2 N–H and O–H groups in total. The van der Waals surface area contributed by atoms with Crippen LogP contribution in [0.1, 0.15) is 19.4 Å². The van der Waals surface area contributed by atoms with Crippen LogP contribution in [0.5, 0.6) is 0 Å². The van der Waals surface area contributed by atoms with Crippen molar-refractivity contribution in [1.82, 2.24) is 9.88 Å². The molecule has 0 aliphatic heterocycles. The molecule has 1 rings (SSSR count).